The molecule has 5 rings (SSSR count). The molecule has 3 aromatic carbocycles. The second kappa shape index (κ2) is 9.06. The van der Waals surface area contributed by atoms with Gasteiger partial charge in [0.15, 0.2) is 20.9 Å². The fourth-order valence-corrected chi connectivity index (χ4v) is 6.58. The molecule has 0 amide bonds. The van der Waals surface area contributed by atoms with Crippen LogP contribution in [-0.2, 0) is 39.5 Å². The van der Waals surface area contributed by atoms with Gasteiger partial charge in [0.1, 0.15) is 0 Å². The van der Waals surface area contributed by atoms with Crippen LogP contribution in [0, 0.1) is 35.8 Å². The van der Waals surface area contributed by atoms with Gasteiger partial charge in [-0.1, -0.05) is 24.3 Å². The van der Waals surface area contributed by atoms with Crippen molar-refractivity contribution in [3.05, 3.63) is 97.5 Å². The molecule has 10 heteroatoms. The zero-order valence-electron chi connectivity index (χ0n) is 19.9. The topological polar surface area (TPSA) is 128 Å². The van der Waals surface area contributed by atoms with Crippen molar-refractivity contribution in [3.8, 4) is 34.4 Å². The predicted octanol–water partition coefficient (Wildman–Crippen LogP) is 3.06. The van der Waals surface area contributed by atoms with Gasteiger partial charge in [0.2, 0.25) is 0 Å². The highest BCUT2D eigenvalue weighted by molar-refractivity contribution is 7.90. The van der Waals surface area contributed by atoms with Crippen molar-refractivity contribution >= 4 is 32.3 Å². The predicted molar refractivity (Wildman–Crippen MR) is 141 cm³/mol. The number of nitriles is 2. The van der Waals surface area contributed by atoms with Crippen LogP contribution in [-0.4, -0.2) is 23.4 Å². The van der Waals surface area contributed by atoms with Gasteiger partial charge in [-0.3, -0.25) is 0 Å². The smallest absolute Gasteiger partial charge is 0.270 e. The number of nitrogens with zero attached hydrogens (tertiary/aromatic N) is 4. The van der Waals surface area contributed by atoms with Crippen molar-refractivity contribution < 1.29 is 17.2 Å². The molecule has 0 heterocycles. The fraction of sp³-hybridized carbons (Fsp3) is 0.143. The average Bonchev–Trinajstić information content (AvgIpc) is 3.43. The molecular weight excluding hydrogens is 520 g/mol. The molecule has 184 valence electrons. The van der Waals surface area contributed by atoms with Crippen molar-refractivity contribution in [2.75, 3.05) is 6.26 Å². The summed E-state index contributed by atoms with van der Waals surface area (Å²) in [5.41, 5.74) is 5.54. The zero-order valence-corrected chi connectivity index (χ0v) is 21.5. The van der Waals surface area contributed by atoms with Gasteiger partial charge in [-0.15, -0.1) is 0 Å². The maximum atomic E-state index is 12.2. The van der Waals surface area contributed by atoms with E-state index in [-0.39, 0.29) is 28.5 Å². The summed E-state index contributed by atoms with van der Waals surface area (Å²) < 4.78 is 45.2. The van der Waals surface area contributed by atoms with Crippen LogP contribution in [0.1, 0.15) is 27.8 Å². The average molecular weight is 537 g/mol. The minimum absolute atomic E-state index is 0.0644. The molecule has 38 heavy (non-hydrogen) atoms. The van der Waals surface area contributed by atoms with Gasteiger partial charge in [0.25, 0.3) is 11.4 Å². The number of benzene rings is 3. The van der Waals surface area contributed by atoms with Crippen LogP contribution in [0.4, 0.5) is 0 Å². The van der Waals surface area contributed by atoms with Crippen LogP contribution in [0.3, 0.4) is 0 Å². The maximum absolute atomic E-state index is 12.2. The third-order valence-electron chi connectivity index (χ3n) is 6.85. The van der Waals surface area contributed by atoms with E-state index in [4.69, 9.17) is 13.1 Å². The Hall–Kier alpha value is -4.58. The molecule has 0 saturated carbocycles. The molecule has 2 aliphatic rings. The molecule has 1 N–H and O–H groups in total. The molecule has 3 aromatic rings. The minimum Gasteiger partial charge on any atom is -0.306 e. The van der Waals surface area contributed by atoms with Crippen LogP contribution in [0.15, 0.2) is 41.3 Å². The lowest BCUT2D eigenvalue weighted by Crippen LogP contribution is -2.25. The van der Waals surface area contributed by atoms with Crippen LogP contribution in [0.2, 0.25) is 0 Å². The standard InChI is InChI=1S/C28H16N4O4S2/c1-31-23(12-29)25-21-10-16-8-15(14-37(33)34)4-6-19(16)26(21)28(24(13-30)32-2)27-20-7-5-18(38(3,35)36)9-17(20)11-22(25)27/h4-9H,10-11,14H2,3H3,(H,33,34)/b25-23+,28-24+. The summed E-state index contributed by atoms with van der Waals surface area (Å²) in [7, 11) is -3.50. The number of hydrogen-bond acceptors (Lipinski definition) is 5. The van der Waals surface area contributed by atoms with Gasteiger partial charge in [-0.05, 0) is 80.3 Å². The van der Waals surface area contributed by atoms with Crippen LogP contribution >= 0.6 is 0 Å². The number of rotatable bonds is 3. The van der Waals surface area contributed by atoms with Gasteiger partial charge in [0.05, 0.1) is 35.9 Å². The van der Waals surface area contributed by atoms with Crippen molar-refractivity contribution in [3.63, 3.8) is 0 Å². The van der Waals surface area contributed by atoms with Crippen molar-refractivity contribution in [2.24, 2.45) is 0 Å². The first-order chi connectivity index (χ1) is 18.1. The monoisotopic (exact) mass is 536 g/mol. The Morgan fingerprint density at radius 2 is 1.47 bits per heavy atom. The Bertz CT molecular complexity index is 2020. The quantitative estimate of drug-likeness (QED) is 0.279. The SMILES string of the molecule is [C-]#[N+]/C(C#N)=c1\c2c(/c(=C(/C#N)[N+]#[C-])c3c1Cc1cc(S(C)(=O)=O)ccc1-3)-c1ccc(CS(=O)O)cc1C2. The van der Waals surface area contributed by atoms with Gasteiger partial charge >= 0.3 is 0 Å². The molecule has 0 aliphatic heterocycles. The molecule has 1 atom stereocenters. The maximum Gasteiger partial charge on any atom is 0.270 e. The van der Waals surface area contributed by atoms with Gasteiger partial charge in [-0.2, -0.15) is 0 Å². The minimum atomic E-state index is -3.50. The first-order valence-corrected chi connectivity index (χ1v) is 14.3. The normalized spacial score (nSPS) is 14.9. The van der Waals surface area contributed by atoms with Crippen molar-refractivity contribution in [1.29, 1.82) is 10.5 Å². The fourth-order valence-electron chi connectivity index (χ4n) is 5.44. The molecular formula is C28H16N4O4S2. The van der Waals surface area contributed by atoms with E-state index < -0.39 is 20.9 Å². The highest BCUT2D eigenvalue weighted by Gasteiger charge is 2.32. The zero-order chi connectivity index (χ0) is 27.4. The van der Waals surface area contributed by atoms with E-state index in [0.29, 0.717) is 61.4 Å². The lowest BCUT2D eigenvalue weighted by molar-refractivity contribution is 0.563. The summed E-state index contributed by atoms with van der Waals surface area (Å²) in [4.78, 5) is 7.13. The van der Waals surface area contributed by atoms with Crippen molar-refractivity contribution in [2.45, 2.75) is 23.5 Å². The highest BCUT2D eigenvalue weighted by Crippen LogP contribution is 2.41. The number of fused-ring (bicyclic) bond motifs is 6. The molecule has 1 unspecified atom stereocenters. The van der Waals surface area contributed by atoms with Gasteiger partial charge < -0.3 is 4.55 Å². The van der Waals surface area contributed by atoms with E-state index in [1.54, 1.807) is 30.3 Å². The van der Waals surface area contributed by atoms with Crippen LogP contribution in [0.25, 0.3) is 43.3 Å². The Labute approximate surface area is 221 Å². The lowest BCUT2D eigenvalue weighted by Gasteiger charge is -2.13. The molecule has 0 radical (unpaired) electrons. The first kappa shape index (κ1) is 25.1. The Balaban J connectivity index is 2.00. The molecule has 0 fully saturated rings. The van der Waals surface area contributed by atoms with E-state index in [2.05, 4.69) is 9.69 Å². The summed E-state index contributed by atoms with van der Waals surface area (Å²) >= 11 is -2.04. The molecule has 2 aliphatic carbocycles. The van der Waals surface area contributed by atoms with E-state index in [9.17, 15) is 27.7 Å². The molecule has 0 spiro atoms. The van der Waals surface area contributed by atoms with E-state index >= 15 is 0 Å². The summed E-state index contributed by atoms with van der Waals surface area (Å²) in [5.74, 6) is -0.0644. The summed E-state index contributed by atoms with van der Waals surface area (Å²) in [6.07, 6.45) is 1.64. The highest BCUT2D eigenvalue weighted by atomic mass is 32.2. The second-order valence-corrected chi connectivity index (χ2v) is 12.0. The summed E-state index contributed by atoms with van der Waals surface area (Å²) in [5, 5.41) is 20.7. The largest absolute Gasteiger partial charge is 0.306 e. The third kappa shape index (κ3) is 3.80. The number of hydrogen-bond donors (Lipinski definition) is 1. The molecule has 0 saturated heterocycles. The van der Waals surface area contributed by atoms with Gasteiger partial charge in [0, 0.05) is 11.5 Å². The Morgan fingerprint density at radius 1 is 0.947 bits per heavy atom. The van der Waals surface area contributed by atoms with Crippen LogP contribution < -0.4 is 10.4 Å². The molecule has 0 aromatic heterocycles. The second-order valence-electron chi connectivity index (χ2n) is 9.00. The Morgan fingerprint density at radius 3 is 1.97 bits per heavy atom. The third-order valence-corrected chi connectivity index (χ3v) is 8.54. The molecule has 0 bridgehead atoms. The van der Waals surface area contributed by atoms with Crippen molar-refractivity contribution in [1.82, 2.24) is 0 Å². The van der Waals surface area contributed by atoms with Gasteiger partial charge in [-0.25, -0.2) is 32.8 Å². The first-order valence-electron chi connectivity index (χ1n) is 11.2. The van der Waals surface area contributed by atoms with E-state index in [1.165, 1.54) is 6.07 Å². The Kier molecular flexibility index (Phi) is 5.98. The lowest BCUT2D eigenvalue weighted by atomic mass is 9.90. The van der Waals surface area contributed by atoms with E-state index in [0.717, 1.165) is 11.8 Å². The van der Waals surface area contributed by atoms with Crippen LogP contribution in [0.5, 0.6) is 0 Å². The van der Waals surface area contributed by atoms with E-state index in [1.807, 2.05) is 12.1 Å². The summed E-state index contributed by atoms with van der Waals surface area (Å²) in [6, 6.07) is 14.0. The number of sulfone groups is 1. The molecule has 8 nitrogen and oxygen atoms in total. The summed E-state index contributed by atoms with van der Waals surface area (Å²) in [6.45, 7) is 15.4.